The zero-order valence-corrected chi connectivity index (χ0v) is 15.1. The molecule has 0 bridgehead atoms. The number of amides is 2. The zero-order valence-electron chi connectivity index (χ0n) is 14.3. The van der Waals surface area contributed by atoms with Gasteiger partial charge in [0.15, 0.2) is 0 Å². The maximum atomic E-state index is 12.8. The smallest absolute Gasteiger partial charge is 0.244 e. The molecule has 23 heavy (non-hydrogen) atoms. The van der Waals surface area contributed by atoms with Crippen molar-refractivity contribution in [1.29, 1.82) is 0 Å². The minimum Gasteiger partial charge on any atom is -0.350 e. The molecule has 2 rings (SSSR count). The summed E-state index contributed by atoms with van der Waals surface area (Å²) in [6.45, 7) is 8.25. The van der Waals surface area contributed by atoms with Crippen LogP contribution in [-0.2, 0) is 9.59 Å². The molecule has 0 saturated carbocycles. The Balaban J connectivity index is 1.93. The van der Waals surface area contributed by atoms with E-state index in [0.29, 0.717) is 18.2 Å². The number of rotatable bonds is 3. The van der Waals surface area contributed by atoms with Gasteiger partial charge in [-0.05, 0) is 46.7 Å². The summed E-state index contributed by atoms with van der Waals surface area (Å²) < 4.78 is 0. The van der Waals surface area contributed by atoms with Crippen molar-refractivity contribution in [3.05, 3.63) is 0 Å². The molecule has 5 nitrogen and oxygen atoms in total. The number of piperidine rings is 1. The molecule has 2 heterocycles. The maximum absolute atomic E-state index is 12.8. The lowest BCUT2D eigenvalue weighted by atomic mass is 9.95. The molecular weight excluding hydrogens is 310 g/mol. The van der Waals surface area contributed by atoms with Crippen molar-refractivity contribution in [3.8, 4) is 12.3 Å². The number of hydrogen-bond donors (Lipinski definition) is 1. The Labute approximate surface area is 143 Å². The highest BCUT2D eigenvalue weighted by atomic mass is 32.2. The summed E-state index contributed by atoms with van der Waals surface area (Å²) in [4.78, 5) is 29.2. The first kappa shape index (κ1) is 18.2. The molecule has 0 aromatic rings. The Morgan fingerprint density at radius 2 is 1.96 bits per heavy atom. The number of nitrogens with zero attached hydrogens (tertiary/aromatic N) is 2. The van der Waals surface area contributed by atoms with E-state index in [9.17, 15) is 9.59 Å². The van der Waals surface area contributed by atoms with Crippen LogP contribution in [-0.4, -0.2) is 64.5 Å². The number of carbonyl (C=O) groups is 2. The molecule has 2 aliphatic heterocycles. The molecule has 1 N–H and O–H groups in total. The van der Waals surface area contributed by atoms with E-state index < -0.39 is 0 Å². The molecule has 1 atom stereocenters. The zero-order chi connectivity index (χ0) is 17.0. The predicted octanol–water partition coefficient (Wildman–Crippen LogP) is 1.15. The quantitative estimate of drug-likeness (QED) is 0.785. The Morgan fingerprint density at radius 1 is 1.30 bits per heavy atom. The molecule has 128 valence electrons. The van der Waals surface area contributed by atoms with Crippen LogP contribution in [0.5, 0.6) is 0 Å². The number of thioether (sulfide) groups is 1. The van der Waals surface area contributed by atoms with Crippen LogP contribution in [0.15, 0.2) is 0 Å². The van der Waals surface area contributed by atoms with Crippen LogP contribution in [0.25, 0.3) is 0 Å². The fraction of sp³-hybridized carbons (Fsp3) is 0.765. The van der Waals surface area contributed by atoms with Gasteiger partial charge in [0, 0.05) is 17.2 Å². The van der Waals surface area contributed by atoms with Gasteiger partial charge in [-0.25, -0.2) is 0 Å². The summed E-state index contributed by atoms with van der Waals surface area (Å²) in [6.07, 6.45) is 7.00. The first-order chi connectivity index (χ1) is 10.8. The highest BCUT2D eigenvalue weighted by Gasteiger charge is 2.39. The Morgan fingerprint density at radius 3 is 2.52 bits per heavy atom. The van der Waals surface area contributed by atoms with Crippen LogP contribution in [0.3, 0.4) is 0 Å². The van der Waals surface area contributed by atoms with Gasteiger partial charge in [-0.1, -0.05) is 5.92 Å². The molecule has 2 amide bonds. The third-order valence-corrected chi connectivity index (χ3v) is 5.23. The van der Waals surface area contributed by atoms with Gasteiger partial charge in [0.2, 0.25) is 11.8 Å². The highest BCUT2D eigenvalue weighted by molar-refractivity contribution is 7.99. The van der Waals surface area contributed by atoms with Gasteiger partial charge in [0.05, 0.1) is 12.4 Å². The van der Waals surface area contributed by atoms with Crippen LogP contribution in [0, 0.1) is 18.3 Å². The number of hydrogen-bond acceptors (Lipinski definition) is 4. The molecule has 0 spiro atoms. The van der Waals surface area contributed by atoms with Crippen molar-refractivity contribution in [2.75, 3.05) is 31.3 Å². The molecule has 0 aromatic heterocycles. The molecule has 2 fully saturated rings. The minimum absolute atomic E-state index is 0.0210. The number of likely N-dealkylation sites (tertiary alicyclic amines) is 1. The topological polar surface area (TPSA) is 52.7 Å². The molecule has 6 heteroatoms. The van der Waals surface area contributed by atoms with E-state index in [1.165, 1.54) is 0 Å². The average molecular weight is 337 g/mol. The molecule has 1 unspecified atom stereocenters. The lowest BCUT2D eigenvalue weighted by molar-refractivity contribution is -0.142. The second-order valence-corrected chi connectivity index (χ2v) is 8.32. The third kappa shape index (κ3) is 4.89. The second-order valence-electron chi connectivity index (χ2n) is 7.32. The van der Waals surface area contributed by atoms with Gasteiger partial charge in [-0.2, -0.15) is 0 Å². The van der Waals surface area contributed by atoms with Crippen LogP contribution in [0.4, 0.5) is 0 Å². The van der Waals surface area contributed by atoms with Crippen molar-refractivity contribution in [2.45, 2.75) is 45.2 Å². The lowest BCUT2D eigenvalue weighted by Gasteiger charge is -2.34. The summed E-state index contributed by atoms with van der Waals surface area (Å²) in [6, 6.07) is -0.338. The van der Waals surface area contributed by atoms with E-state index in [1.807, 2.05) is 20.8 Å². The first-order valence-corrected chi connectivity index (χ1v) is 9.33. The number of nitrogens with one attached hydrogen (secondary N) is 1. The SMILES string of the molecule is C#CCN1CCC(C(=O)N2CSCC2C(=O)NC(C)(C)C)CC1. The normalized spacial score (nSPS) is 23.6. The van der Waals surface area contributed by atoms with Crippen molar-refractivity contribution in [1.82, 2.24) is 15.1 Å². The van der Waals surface area contributed by atoms with Crippen molar-refractivity contribution in [2.24, 2.45) is 5.92 Å². The molecule has 0 aromatic carbocycles. The highest BCUT2D eigenvalue weighted by Crippen LogP contribution is 2.27. The fourth-order valence-corrected chi connectivity index (χ4v) is 4.20. The summed E-state index contributed by atoms with van der Waals surface area (Å²) in [5.74, 6) is 4.06. The van der Waals surface area contributed by atoms with Gasteiger partial charge in [-0.3, -0.25) is 14.5 Å². The molecule has 2 saturated heterocycles. The van der Waals surface area contributed by atoms with Gasteiger partial charge < -0.3 is 10.2 Å². The van der Waals surface area contributed by atoms with Crippen molar-refractivity contribution >= 4 is 23.6 Å². The van der Waals surface area contributed by atoms with Crippen molar-refractivity contribution in [3.63, 3.8) is 0 Å². The molecule has 0 radical (unpaired) electrons. The Hall–Kier alpha value is -1.19. The summed E-state index contributed by atoms with van der Waals surface area (Å²) >= 11 is 1.65. The van der Waals surface area contributed by atoms with Crippen LogP contribution in [0.1, 0.15) is 33.6 Å². The molecule has 0 aliphatic carbocycles. The first-order valence-electron chi connectivity index (χ1n) is 8.18. The largest absolute Gasteiger partial charge is 0.350 e. The van der Waals surface area contributed by atoms with Gasteiger partial charge in [-0.15, -0.1) is 18.2 Å². The van der Waals surface area contributed by atoms with Crippen molar-refractivity contribution < 1.29 is 9.59 Å². The summed E-state index contributed by atoms with van der Waals surface area (Å²) in [5, 5.41) is 3.00. The van der Waals surface area contributed by atoms with Crippen LogP contribution < -0.4 is 5.32 Å². The van der Waals surface area contributed by atoms with Gasteiger partial charge in [0.25, 0.3) is 0 Å². The van der Waals surface area contributed by atoms with E-state index in [2.05, 4.69) is 16.1 Å². The van der Waals surface area contributed by atoms with E-state index in [1.54, 1.807) is 16.7 Å². The van der Waals surface area contributed by atoms with E-state index in [0.717, 1.165) is 25.9 Å². The minimum atomic E-state index is -0.338. The molecule has 2 aliphatic rings. The second kappa shape index (κ2) is 7.59. The number of terminal acetylenes is 1. The van der Waals surface area contributed by atoms with Crippen LogP contribution >= 0.6 is 11.8 Å². The average Bonchev–Trinajstić information content (AvgIpc) is 2.95. The predicted molar refractivity (Wildman–Crippen MR) is 93.9 cm³/mol. The van der Waals surface area contributed by atoms with Crippen LogP contribution in [0.2, 0.25) is 0 Å². The monoisotopic (exact) mass is 337 g/mol. The standard InChI is InChI=1S/C17H27N3O2S/c1-5-8-19-9-6-13(7-10-19)16(22)20-12-23-11-14(20)15(21)18-17(2,3)4/h1,13-14H,6-12H2,2-4H3,(H,18,21). The summed E-state index contributed by atoms with van der Waals surface area (Å²) in [7, 11) is 0. The lowest BCUT2D eigenvalue weighted by Crippen LogP contribution is -2.54. The fourth-order valence-electron chi connectivity index (χ4n) is 3.03. The number of carbonyl (C=O) groups excluding carboxylic acids is 2. The maximum Gasteiger partial charge on any atom is 0.244 e. The van der Waals surface area contributed by atoms with E-state index in [-0.39, 0.29) is 29.3 Å². The van der Waals surface area contributed by atoms with E-state index >= 15 is 0 Å². The third-order valence-electron chi connectivity index (χ3n) is 4.22. The Kier molecular flexibility index (Phi) is 5.99. The Bertz CT molecular complexity index is 487. The molecular formula is C17H27N3O2S. The van der Waals surface area contributed by atoms with Gasteiger partial charge >= 0.3 is 0 Å². The van der Waals surface area contributed by atoms with E-state index in [4.69, 9.17) is 6.42 Å². The summed E-state index contributed by atoms with van der Waals surface area (Å²) in [5.41, 5.74) is -0.278. The van der Waals surface area contributed by atoms with Gasteiger partial charge in [0.1, 0.15) is 6.04 Å².